The molecule has 0 saturated heterocycles. The second kappa shape index (κ2) is 9.97. The molecule has 2 aliphatic carbocycles. The number of alkyl halides is 3. The highest BCUT2D eigenvalue weighted by molar-refractivity contribution is 5.80. The number of aliphatic carboxylic acids is 1. The molecule has 10 heteroatoms. The number of amides is 2. The van der Waals surface area contributed by atoms with Gasteiger partial charge in [0, 0.05) is 18.4 Å². The van der Waals surface area contributed by atoms with Crippen LogP contribution in [0.25, 0.3) is 11.1 Å². The van der Waals surface area contributed by atoms with Gasteiger partial charge in [0.25, 0.3) is 0 Å². The van der Waals surface area contributed by atoms with Crippen molar-refractivity contribution in [3.05, 3.63) is 59.7 Å². The van der Waals surface area contributed by atoms with Crippen LogP contribution < -0.4 is 10.6 Å². The minimum absolute atomic E-state index is 0.0509. The molecule has 2 unspecified atom stereocenters. The molecule has 186 valence electrons. The molecule has 2 aromatic rings. The molecule has 7 nitrogen and oxygen atoms in total. The topological polar surface area (TPSA) is 105 Å². The summed E-state index contributed by atoms with van der Waals surface area (Å²) in [5, 5.41) is 13.1. The molecule has 2 aliphatic rings. The third-order valence-corrected chi connectivity index (χ3v) is 6.35. The van der Waals surface area contributed by atoms with Crippen molar-refractivity contribution < 1.29 is 37.4 Å². The summed E-state index contributed by atoms with van der Waals surface area (Å²) in [7, 11) is 0. The van der Waals surface area contributed by atoms with Gasteiger partial charge in [-0.05, 0) is 41.0 Å². The largest absolute Gasteiger partial charge is 0.481 e. The SMILES string of the molecule is O=C(O)CC(NC(=O)CC(NC(=O)OCC1c2ccccc2-c2ccccc21)C1CC1)C(F)(F)F. The van der Waals surface area contributed by atoms with E-state index in [1.165, 1.54) is 0 Å². The summed E-state index contributed by atoms with van der Waals surface area (Å²) in [6.07, 6.45) is -5.89. The van der Waals surface area contributed by atoms with E-state index in [1.807, 2.05) is 48.5 Å². The molecule has 2 aromatic carbocycles. The van der Waals surface area contributed by atoms with E-state index in [4.69, 9.17) is 9.84 Å². The van der Waals surface area contributed by atoms with Crippen LogP contribution in [0.15, 0.2) is 48.5 Å². The van der Waals surface area contributed by atoms with Crippen LogP contribution in [-0.4, -0.2) is 47.9 Å². The van der Waals surface area contributed by atoms with Crippen molar-refractivity contribution in [3.63, 3.8) is 0 Å². The highest BCUT2D eigenvalue weighted by atomic mass is 19.4. The number of hydrogen-bond donors (Lipinski definition) is 3. The van der Waals surface area contributed by atoms with E-state index in [2.05, 4.69) is 5.32 Å². The van der Waals surface area contributed by atoms with Crippen molar-refractivity contribution in [3.8, 4) is 11.1 Å². The number of nitrogens with one attached hydrogen (secondary N) is 2. The molecule has 0 aromatic heterocycles. The second-order valence-corrected chi connectivity index (χ2v) is 8.88. The van der Waals surface area contributed by atoms with E-state index in [-0.39, 0.29) is 18.4 Å². The van der Waals surface area contributed by atoms with Gasteiger partial charge in [0.2, 0.25) is 5.91 Å². The fraction of sp³-hybridized carbons (Fsp3) is 0.400. The van der Waals surface area contributed by atoms with Crippen molar-refractivity contribution in [1.82, 2.24) is 10.6 Å². The molecule has 1 fully saturated rings. The van der Waals surface area contributed by atoms with Crippen LogP contribution in [0.2, 0.25) is 0 Å². The Morgan fingerprint density at radius 3 is 2.03 bits per heavy atom. The molecule has 0 spiro atoms. The zero-order valence-corrected chi connectivity index (χ0v) is 18.7. The summed E-state index contributed by atoms with van der Waals surface area (Å²) in [6, 6.07) is 12.5. The molecule has 3 N–H and O–H groups in total. The molecule has 4 rings (SSSR count). The van der Waals surface area contributed by atoms with Crippen LogP contribution in [0.1, 0.15) is 42.7 Å². The predicted octanol–water partition coefficient (Wildman–Crippen LogP) is 4.22. The summed E-state index contributed by atoms with van der Waals surface area (Å²) < 4.78 is 44.6. The van der Waals surface area contributed by atoms with E-state index in [0.717, 1.165) is 35.1 Å². The average Bonchev–Trinajstić information content (AvgIpc) is 3.59. The Morgan fingerprint density at radius 2 is 1.51 bits per heavy atom. The Hall–Kier alpha value is -3.56. The van der Waals surface area contributed by atoms with Crippen LogP contribution in [0.3, 0.4) is 0 Å². The van der Waals surface area contributed by atoms with Crippen LogP contribution >= 0.6 is 0 Å². The van der Waals surface area contributed by atoms with Crippen LogP contribution in [-0.2, 0) is 14.3 Å². The van der Waals surface area contributed by atoms with Gasteiger partial charge in [-0.15, -0.1) is 0 Å². The first-order valence-electron chi connectivity index (χ1n) is 11.3. The fourth-order valence-corrected chi connectivity index (χ4v) is 4.50. The Morgan fingerprint density at radius 1 is 0.943 bits per heavy atom. The molecular formula is C25H25F3N2O5. The van der Waals surface area contributed by atoms with E-state index < -0.39 is 49.1 Å². The van der Waals surface area contributed by atoms with Gasteiger partial charge in [0.05, 0.1) is 6.42 Å². The third kappa shape index (κ3) is 5.93. The van der Waals surface area contributed by atoms with Crippen molar-refractivity contribution in [2.45, 2.75) is 49.9 Å². The van der Waals surface area contributed by atoms with Crippen molar-refractivity contribution >= 4 is 18.0 Å². The standard InChI is InChI=1S/C25H25F3N2O5/c26-25(27,28)21(12-23(32)33)30-22(31)11-20(14-9-10-14)29-24(34)35-13-19-17-7-3-1-5-15(17)16-6-2-4-8-18(16)19/h1-8,14,19-21H,9-13H2,(H,29,34)(H,30,31)(H,32,33). The van der Waals surface area contributed by atoms with E-state index >= 15 is 0 Å². The minimum Gasteiger partial charge on any atom is -0.481 e. The van der Waals surface area contributed by atoms with Crippen molar-refractivity contribution in [2.75, 3.05) is 6.61 Å². The molecule has 2 atom stereocenters. The predicted molar refractivity (Wildman–Crippen MR) is 120 cm³/mol. The van der Waals surface area contributed by atoms with Crippen LogP contribution in [0, 0.1) is 5.92 Å². The number of fused-ring (bicyclic) bond motifs is 3. The van der Waals surface area contributed by atoms with Gasteiger partial charge < -0.3 is 20.5 Å². The average molecular weight is 490 g/mol. The Bertz CT molecular complexity index is 1070. The number of carbonyl (C=O) groups excluding carboxylic acids is 2. The minimum atomic E-state index is -4.90. The quantitative estimate of drug-likeness (QED) is 0.488. The van der Waals surface area contributed by atoms with Gasteiger partial charge in [0.15, 0.2) is 0 Å². The zero-order valence-electron chi connectivity index (χ0n) is 18.7. The second-order valence-electron chi connectivity index (χ2n) is 8.88. The number of benzene rings is 2. The van der Waals surface area contributed by atoms with Gasteiger partial charge in [0.1, 0.15) is 12.6 Å². The van der Waals surface area contributed by atoms with E-state index in [9.17, 15) is 27.6 Å². The monoisotopic (exact) mass is 490 g/mol. The Labute approximate surface area is 199 Å². The lowest BCUT2D eigenvalue weighted by molar-refractivity contribution is -0.170. The van der Waals surface area contributed by atoms with Gasteiger partial charge in [-0.25, -0.2) is 4.79 Å². The zero-order chi connectivity index (χ0) is 25.2. The van der Waals surface area contributed by atoms with Crippen molar-refractivity contribution in [2.24, 2.45) is 5.92 Å². The van der Waals surface area contributed by atoms with Crippen molar-refractivity contribution in [1.29, 1.82) is 0 Å². The highest BCUT2D eigenvalue weighted by Crippen LogP contribution is 2.44. The number of hydrogen-bond acceptors (Lipinski definition) is 4. The highest BCUT2D eigenvalue weighted by Gasteiger charge is 2.43. The van der Waals surface area contributed by atoms with Gasteiger partial charge in [-0.1, -0.05) is 48.5 Å². The first-order chi connectivity index (χ1) is 16.6. The number of carbonyl (C=O) groups is 3. The lowest BCUT2D eigenvalue weighted by atomic mass is 9.98. The van der Waals surface area contributed by atoms with Gasteiger partial charge >= 0.3 is 18.2 Å². The number of ether oxygens (including phenoxy) is 1. The summed E-state index contributed by atoms with van der Waals surface area (Å²) in [5.41, 5.74) is 4.22. The number of halogens is 3. The Kier molecular flexibility index (Phi) is 7.00. The molecular weight excluding hydrogens is 465 g/mol. The maximum atomic E-state index is 13.1. The summed E-state index contributed by atoms with van der Waals surface area (Å²) in [5.74, 6) is -2.86. The van der Waals surface area contributed by atoms with Crippen LogP contribution in [0.5, 0.6) is 0 Å². The molecule has 0 heterocycles. The molecule has 35 heavy (non-hydrogen) atoms. The maximum Gasteiger partial charge on any atom is 0.409 e. The summed E-state index contributed by atoms with van der Waals surface area (Å²) in [4.78, 5) is 35.5. The fourth-order valence-electron chi connectivity index (χ4n) is 4.50. The number of rotatable bonds is 9. The molecule has 0 radical (unpaired) electrons. The van der Waals surface area contributed by atoms with E-state index in [0.29, 0.717) is 0 Å². The lowest BCUT2D eigenvalue weighted by Crippen LogP contribution is -2.49. The van der Waals surface area contributed by atoms with Gasteiger partial charge in [-0.2, -0.15) is 13.2 Å². The smallest absolute Gasteiger partial charge is 0.409 e. The van der Waals surface area contributed by atoms with Gasteiger partial charge in [-0.3, -0.25) is 9.59 Å². The first kappa shape index (κ1) is 24.6. The Balaban J connectivity index is 1.35. The van der Waals surface area contributed by atoms with Crippen LogP contribution in [0.4, 0.5) is 18.0 Å². The number of carboxylic acid groups (broad SMARTS) is 1. The summed E-state index contributed by atoms with van der Waals surface area (Å²) in [6.45, 7) is 0.0677. The lowest BCUT2D eigenvalue weighted by Gasteiger charge is -2.23. The molecule has 0 aliphatic heterocycles. The molecule has 1 saturated carbocycles. The first-order valence-corrected chi connectivity index (χ1v) is 11.3. The maximum absolute atomic E-state index is 13.1. The van der Waals surface area contributed by atoms with E-state index in [1.54, 1.807) is 5.32 Å². The molecule has 0 bridgehead atoms. The number of carboxylic acids is 1. The third-order valence-electron chi connectivity index (χ3n) is 6.35. The normalized spacial score (nSPS) is 16.5. The number of alkyl carbamates (subject to hydrolysis) is 1. The molecule has 2 amide bonds. The summed E-state index contributed by atoms with van der Waals surface area (Å²) >= 11 is 0.